The van der Waals surface area contributed by atoms with Crippen LogP contribution in [0.4, 0.5) is 8.78 Å². The fourth-order valence-electron chi connectivity index (χ4n) is 0.692. The minimum Gasteiger partial charge on any atom is -0.211 e. The zero-order chi connectivity index (χ0) is 7.99. The molecule has 0 heterocycles. The summed E-state index contributed by atoms with van der Waals surface area (Å²) in [6, 6.07) is 0. The summed E-state index contributed by atoms with van der Waals surface area (Å²) < 4.78 is 42.8. The SMILES string of the molecule is O=S(=O)(Cl)C1(C(F)F)CC1. The standard InChI is InChI=1S/C4H5ClF2O2S/c5-10(8,9)4(1-2-4)3(6)7/h3H,1-2H2. The van der Waals surface area contributed by atoms with Crippen molar-refractivity contribution < 1.29 is 17.2 Å². The van der Waals surface area contributed by atoms with Crippen LogP contribution in [0.1, 0.15) is 12.8 Å². The van der Waals surface area contributed by atoms with Gasteiger partial charge in [-0.05, 0) is 12.8 Å². The summed E-state index contributed by atoms with van der Waals surface area (Å²) in [6.07, 6.45) is -2.89. The predicted molar refractivity (Wildman–Crippen MR) is 32.7 cm³/mol. The van der Waals surface area contributed by atoms with Crippen molar-refractivity contribution in [2.45, 2.75) is 24.0 Å². The number of hydrogen-bond acceptors (Lipinski definition) is 2. The molecule has 1 saturated carbocycles. The van der Waals surface area contributed by atoms with E-state index in [1.165, 1.54) is 0 Å². The molecule has 0 radical (unpaired) electrons. The van der Waals surface area contributed by atoms with Crippen molar-refractivity contribution in [3.63, 3.8) is 0 Å². The van der Waals surface area contributed by atoms with Crippen molar-refractivity contribution in [1.82, 2.24) is 0 Å². The average Bonchev–Trinajstić information content (AvgIpc) is 2.36. The molecular weight excluding hydrogens is 186 g/mol. The molecule has 2 nitrogen and oxygen atoms in total. The highest BCUT2D eigenvalue weighted by atomic mass is 35.7. The van der Waals surface area contributed by atoms with Gasteiger partial charge in [0.15, 0.2) is 0 Å². The van der Waals surface area contributed by atoms with Gasteiger partial charge in [-0.3, -0.25) is 0 Å². The Labute approximate surface area is 61.6 Å². The first kappa shape index (κ1) is 8.20. The molecule has 0 N–H and O–H groups in total. The lowest BCUT2D eigenvalue weighted by molar-refractivity contribution is 0.134. The Balaban J connectivity index is 2.91. The van der Waals surface area contributed by atoms with Crippen molar-refractivity contribution in [3.05, 3.63) is 0 Å². The molecule has 1 fully saturated rings. The van der Waals surface area contributed by atoms with Gasteiger partial charge in [0.2, 0.25) is 9.05 Å². The van der Waals surface area contributed by atoms with Crippen molar-refractivity contribution in [3.8, 4) is 0 Å². The van der Waals surface area contributed by atoms with Gasteiger partial charge in [0.25, 0.3) is 6.43 Å². The Bertz CT molecular complexity index is 232. The summed E-state index contributed by atoms with van der Waals surface area (Å²) in [5.74, 6) is 0. The molecular formula is C4H5ClF2O2S. The molecule has 6 heteroatoms. The highest BCUT2D eigenvalue weighted by Crippen LogP contribution is 2.49. The highest BCUT2D eigenvalue weighted by Gasteiger charge is 2.61. The molecule has 10 heavy (non-hydrogen) atoms. The fraction of sp³-hybridized carbons (Fsp3) is 1.00. The summed E-state index contributed by atoms with van der Waals surface area (Å²) in [4.78, 5) is 0. The summed E-state index contributed by atoms with van der Waals surface area (Å²) in [6.45, 7) is 0. The smallest absolute Gasteiger partial charge is 0.211 e. The van der Waals surface area contributed by atoms with E-state index in [-0.39, 0.29) is 12.8 Å². The van der Waals surface area contributed by atoms with E-state index in [1.807, 2.05) is 0 Å². The van der Waals surface area contributed by atoms with E-state index in [0.717, 1.165) is 0 Å². The molecule has 0 aromatic heterocycles. The van der Waals surface area contributed by atoms with E-state index in [4.69, 9.17) is 10.7 Å². The number of hydrogen-bond donors (Lipinski definition) is 0. The second kappa shape index (κ2) is 2.04. The number of rotatable bonds is 2. The van der Waals surface area contributed by atoms with Crippen molar-refractivity contribution in [1.29, 1.82) is 0 Å². The Hall–Kier alpha value is 0.1000. The van der Waals surface area contributed by atoms with E-state index in [1.54, 1.807) is 0 Å². The molecule has 0 atom stereocenters. The van der Waals surface area contributed by atoms with E-state index in [2.05, 4.69) is 0 Å². The maximum absolute atomic E-state index is 11.9. The van der Waals surface area contributed by atoms with Crippen LogP contribution in [0, 0.1) is 0 Å². The maximum atomic E-state index is 11.9. The van der Waals surface area contributed by atoms with Crippen LogP contribution in [-0.4, -0.2) is 19.6 Å². The minimum absolute atomic E-state index is 0.0174. The molecule has 0 aromatic rings. The fourth-order valence-corrected chi connectivity index (χ4v) is 2.16. The van der Waals surface area contributed by atoms with Gasteiger partial charge >= 0.3 is 0 Å². The monoisotopic (exact) mass is 190 g/mol. The Kier molecular flexibility index (Phi) is 1.67. The molecule has 1 aliphatic carbocycles. The first-order valence-electron chi connectivity index (χ1n) is 2.62. The molecule has 0 saturated heterocycles. The Morgan fingerprint density at radius 2 is 1.80 bits per heavy atom. The van der Waals surface area contributed by atoms with Crippen LogP contribution in [0.3, 0.4) is 0 Å². The molecule has 0 aromatic carbocycles. The number of halogens is 3. The first-order chi connectivity index (χ1) is 4.40. The lowest BCUT2D eigenvalue weighted by Crippen LogP contribution is -2.26. The third-order valence-corrected chi connectivity index (χ3v) is 4.11. The zero-order valence-corrected chi connectivity index (χ0v) is 6.42. The molecule has 0 aliphatic heterocycles. The van der Waals surface area contributed by atoms with Gasteiger partial charge in [-0.15, -0.1) is 0 Å². The topological polar surface area (TPSA) is 34.1 Å². The van der Waals surface area contributed by atoms with Crippen molar-refractivity contribution in [2.75, 3.05) is 0 Å². The van der Waals surface area contributed by atoms with Crippen molar-refractivity contribution in [2.24, 2.45) is 0 Å². The number of alkyl halides is 2. The molecule has 1 rings (SSSR count). The molecule has 60 valence electrons. The third-order valence-electron chi connectivity index (χ3n) is 1.63. The van der Waals surface area contributed by atoms with Gasteiger partial charge in [0.05, 0.1) is 0 Å². The van der Waals surface area contributed by atoms with Crippen LogP contribution in [0.2, 0.25) is 0 Å². The van der Waals surface area contributed by atoms with E-state index < -0.39 is 20.2 Å². The van der Waals surface area contributed by atoms with Crippen LogP contribution in [0.5, 0.6) is 0 Å². The summed E-state index contributed by atoms with van der Waals surface area (Å²) in [5, 5.41) is 0. The third kappa shape index (κ3) is 1.01. The molecule has 0 spiro atoms. The molecule has 0 unspecified atom stereocenters. The van der Waals surface area contributed by atoms with Gasteiger partial charge in [-0.25, -0.2) is 17.2 Å². The first-order valence-corrected chi connectivity index (χ1v) is 4.93. The van der Waals surface area contributed by atoms with Crippen LogP contribution in [-0.2, 0) is 9.05 Å². The van der Waals surface area contributed by atoms with Crippen LogP contribution in [0.25, 0.3) is 0 Å². The Morgan fingerprint density at radius 3 is 1.80 bits per heavy atom. The Morgan fingerprint density at radius 1 is 1.40 bits per heavy atom. The lowest BCUT2D eigenvalue weighted by Gasteiger charge is -2.07. The average molecular weight is 191 g/mol. The highest BCUT2D eigenvalue weighted by molar-refractivity contribution is 8.15. The predicted octanol–water partition coefficient (Wildman–Crippen LogP) is 1.35. The van der Waals surface area contributed by atoms with Crippen LogP contribution >= 0.6 is 10.7 Å². The largest absolute Gasteiger partial charge is 0.259 e. The van der Waals surface area contributed by atoms with Crippen molar-refractivity contribution >= 4 is 19.7 Å². The second-order valence-corrected chi connectivity index (χ2v) is 5.21. The zero-order valence-electron chi connectivity index (χ0n) is 4.85. The quantitative estimate of drug-likeness (QED) is 0.616. The van der Waals surface area contributed by atoms with Gasteiger partial charge < -0.3 is 0 Å². The molecule has 0 bridgehead atoms. The minimum atomic E-state index is -4.07. The maximum Gasteiger partial charge on any atom is 0.259 e. The van der Waals surface area contributed by atoms with Crippen LogP contribution in [0.15, 0.2) is 0 Å². The molecule has 1 aliphatic rings. The van der Waals surface area contributed by atoms with Gasteiger partial charge in [-0.2, -0.15) is 0 Å². The normalized spacial score (nSPS) is 23.2. The van der Waals surface area contributed by atoms with E-state index >= 15 is 0 Å². The van der Waals surface area contributed by atoms with E-state index in [0.29, 0.717) is 0 Å². The summed E-state index contributed by atoms with van der Waals surface area (Å²) in [5.41, 5.74) is 0. The second-order valence-electron chi connectivity index (χ2n) is 2.30. The molecule has 0 amide bonds. The van der Waals surface area contributed by atoms with Gasteiger partial charge in [0, 0.05) is 10.7 Å². The lowest BCUT2D eigenvalue weighted by atomic mass is 10.4. The van der Waals surface area contributed by atoms with Gasteiger partial charge in [-0.1, -0.05) is 0 Å². The van der Waals surface area contributed by atoms with Crippen LogP contribution < -0.4 is 0 Å². The van der Waals surface area contributed by atoms with E-state index in [9.17, 15) is 17.2 Å². The summed E-state index contributed by atoms with van der Waals surface area (Å²) >= 11 is 0. The summed E-state index contributed by atoms with van der Waals surface area (Å²) in [7, 11) is 0.706. The van der Waals surface area contributed by atoms with Gasteiger partial charge in [0.1, 0.15) is 4.75 Å².